The maximum atomic E-state index is 13.6. The average molecular weight is 306 g/mol. The first-order valence-corrected chi connectivity index (χ1v) is 8.39. The van der Waals surface area contributed by atoms with Crippen LogP contribution in [0, 0.1) is 11.7 Å². The first-order chi connectivity index (χ1) is 9.04. The van der Waals surface area contributed by atoms with Gasteiger partial charge in [-0.2, -0.15) is 0 Å². The predicted octanol–water partition coefficient (Wildman–Crippen LogP) is 2.90. The zero-order valence-electron chi connectivity index (χ0n) is 10.5. The molecule has 1 saturated carbocycles. The molecule has 0 heterocycles. The Hall–Kier alpha value is -0.650. The third-order valence-corrected chi connectivity index (χ3v) is 5.46. The monoisotopic (exact) mass is 305 g/mol. The second kappa shape index (κ2) is 6.20. The summed E-state index contributed by atoms with van der Waals surface area (Å²) in [4.78, 5) is -0.297. The molecule has 0 aliphatic heterocycles. The first-order valence-electron chi connectivity index (χ1n) is 6.37. The third kappa shape index (κ3) is 3.46. The van der Waals surface area contributed by atoms with Gasteiger partial charge in [-0.3, -0.25) is 0 Å². The molecule has 106 valence electrons. The Morgan fingerprint density at radius 2 is 1.95 bits per heavy atom. The molecule has 0 spiro atoms. The molecule has 0 radical (unpaired) electrons. The van der Waals surface area contributed by atoms with Gasteiger partial charge >= 0.3 is 0 Å². The molecule has 6 heteroatoms. The fraction of sp³-hybridized carbons (Fsp3) is 0.538. The normalized spacial score (nSPS) is 24.3. The first kappa shape index (κ1) is 14.8. The van der Waals surface area contributed by atoms with Crippen LogP contribution in [0.25, 0.3) is 0 Å². The molecule has 19 heavy (non-hydrogen) atoms. The summed E-state index contributed by atoms with van der Waals surface area (Å²) in [5.41, 5.74) is 0. The summed E-state index contributed by atoms with van der Waals surface area (Å²) < 4.78 is 40.6. The van der Waals surface area contributed by atoms with E-state index in [1.165, 1.54) is 18.2 Å². The van der Waals surface area contributed by atoms with Crippen molar-refractivity contribution in [3.05, 3.63) is 30.1 Å². The van der Waals surface area contributed by atoms with E-state index in [1.807, 2.05) is 0 Å². The molecule has 0 amide bonds. The number of nitrogens with one attached hydrogen (secondary N) is 1. The van der Waals surface area contributed by atoms with E-state index in [9.17, 15) is 12.8 Å². The molecule has 0 bridgehead atoms. The number of alkyl halides is 1. The molecule has 1 fully saturated rings. The minimum atomic E-state index is -3.82. The van der Waals surface area contributed by atoms with E-state index >= 15 is 0 Å². The van der Waals surface area contributed by atoms with E-state index in [0.717, 1.165) is 31.7 Å². The van der Waals surface area contributed by atoms with Gasteiger partial charge in [-0.1, -0.05) is 25.0 Å². The molecule has 1 aromatic rings. The van der Waals surface area contributed by atoms with Gasteiger partial charge in [-0.05, 0) is 30.9 Å². The van der Waals surface area contributed by atoms with E-state index in [1.54, 1.807) is 0 Å². The molecule has 1 aliphatic rings. The second-order valence-corrected chi connectivity index (χ2v) is 6.85. The van der Waals surface area contributed by atoms with Crippen molar-refractivity contribution in [1.82, 2.24) is 4.72 Å². The van der Waals surface area contributed by atoms with Crippen LogP contribution < -0.4 is 4.72 Å². The van der Waals surface area contributed by atoms with Gasteiger partial charge in [0.25, 0.3) is 0 Å². The average Bonchev–Trinajstić information content (AvgIpc) is 2.39. The van der Waals surface area contributed by atoms with Crippen LogP contribution >= 0.6 is 11.6 Å². The smallest absolute Gasteiger partial charge is 0.208 e. The predicted molar refractivity (Wildman–Crippen MR) is 73.2 cm³/mol. The van der Waals surface area contributed by atoms with Crippen LogP contribution in [0.3, 0.4) is 0 Å². The molecule has 0 saturated heterocycles. The Morgan fingerprint density at radius 1 is 1.26 bits per heavy atom. The van der Waals surface area contributed by atoms with E-state index in [2.05, 4.69) is 4.72 Å². The van der Waals surface area contributed by atoms with E-state index in [0.29, 0.717) is 5.88 Å². The van der Waals surface area contributed by atoms with Gasteiger partial charge in [0.15, 0.2) is 0 Å². The van der Waals surface area contributed by atoms with Crippen LogP contribution in [-0.2, 0) is 10.0 Å². The summed E-state index contributed by atoms with van der Waals surface area (Å²) in [6.45, 7) is 0. The zero-order valence-corrected chi connectivity index (χ0v) is 12.1. The largest absolute Gasteiger partial charge is 0.243 e. The highest BCUT2D eigenvalue weighted by Gasteiger charge is 2.29. The highest BCUT2D eigenvalue weighted by molar-refractivity contribution is 7.89. The highest BCUT2D eigenvalue weighted by Crippen LogP contribution is 2.27. The number of hydrogen-bond acceptors (Lipinski definition) is 2. The minimum absolute atomic E-state index is 0.122. The van der Waals surface area contributed by atoms with Crippen LogP contribution in [0.2, 0.25) is 0 Å². The van der Waals surface area contributed by atoms with Gasteiger partial charge < -0.3 is 0 Å². The van der Waals surface area contributed by atoms with Gasteiger partial charge in [0.1, 0.15) is 10.7 Å². The maximum absolute atomic E-state index is 13.6. The molecule has 0 aromatic heterocycles. The Labute approximate surface area is 118 Å². The van der Waals surface area contributed by atoms with E-state index in [4.69, 9.17) is 11.6 Å². The summed E-state index contributed by atoms with van der Waals surface area (Å²) in [5, 5.41) is 0. The molecule has 3 nitrogen and oxygen atoms in total. The van der Waals surface area contributed by atoms with Gasteiger partial charge in [0, 0.05) is 11.9 Å². The standard InChI is InChI=1S/C13H17ClFNO2S/c14-9-10-5-1-3-7-12(10)16-19(17,18)13-8-4-2-6-11(13)15/h2,4,6,8,10,12,16H,1,3,5,7,9H2. The van der Waals surface area contributed by atoms with Crippen LogP contribution in [0.4, 0.5) is 4.39 Å². The molecule has 2 atom stereocenters. The minimum Gasteiger partial charge on any atom is -0.208 e. The zero-order chi connectivity index (χ0) is 13.9. The molecule has 1 N–H and O–H groups in total. The molecule has 2 rings (SSSR count). The highest BCUT2D eigenvalue weighted by atomic mass is 35.5. The summed E-state index contributed by atoms with van der Waals surface area (Å²) in [6, 6.07) is 5.20. The number of rotatable bonds is 4. The number of sulfonamides is 1. The van der Waals surface area contributed by atoms with Crippen molar-refractivity contribution in [3.8, 4) is 0 Å². The summed E-state index contributed by atoms with van der Waals surface area (Å²) in [7, 11) is -3.82. The Balaban J connectivity index is 2.19. The van der Waals surface area contributed by atoms with Crippen molar-refractivity contribution in [2.45, 2.75) is 36.6 Å². The number of hydrogen-bond donors (Lipinski definition) is 1. The van der Waals surface area contributed by atoms with Gasteiger partial charge in [0.05, 0.1) is 0 Å². The quantitative estimate of drug-likeness (QED) is 0.869. The lowest BCUT2D eigenvalue weighted by atomic mass is 9.86. The SMILES string of the molecule is O=S(=O)(NC1CCCCC1CCl)c1ccccc1F. The van der Waals surface area contributed by atoms with Crippen LogP contribution in [0.5, 0.6) is 0 Å². The maximum Gasteiger partial charge on any atom is 0.243 e. The fourth-order valence-corrected chi connectivity index (χ4v) is 4.26. The Bertz CT molecular complexity index is 535. The third-order valence-electron chi connectivity index (χ3n) is 3.54. The van der Waals surface area contributed by atoms with E-state index in [-0.39, 0.29) is 16.9 Å². The van der Waals surface area contributed by atoms with Gasteiger partial charge in [0.2, 0.25) is 10.0 Å². The lowest BCUT2D eigenvalue weighted by Crippen LogP contribution is -2.42. The van der Waals surface area contributed by atoms with E-state index < -0.39 is 15.8 Å². The molecular formula is C13H17ClFNO2S. The molecule has 1 aliphatic carbocycles. The van der Waals surface area contributed by atoms with Crippen LogP contribution in [0.1, 0.15) is 25.7 Å². The lowest BCUT2D eigenvalue weighted by molar-refractivity contribution is 0.313. The molecule has 1 aromatic carbocycles. The fourth-order valence-electron chi connectivity index (χ4n) is 2.47. The Morgan fingerprint density at radius 3 is 2.63 bits per heavy atom. The number of benzene rings is 1. The van der Waals surface area contributed by atoms with Crippen molar-refractivity contribution in [2.24, 2.45) is 5.92 Å². The van der Waals surface area contributed by atoms with Crippen molar-refractivity contribution in [2.75, 3.05) is 5.88 Å². The number of halogens is 2. The van der Waals surface area contributed by atoms with Gasteiger partial charge in [-0.15, -0.1) is 11.6 Å². The second-order valence-electron chi connectivity index (χ2n) is 4.86. The molecular weight excluding hydrogens is 289 g/mol. The summed E-state index contributed by atoms with van der Waals surface area (Å²) in [6.07, 6.45) is 3.70. The van der Waals surface area contributed by atoms with Crippen LogP contribution in [0.15, 0.2) is 29.2 Å². The van der Waals surface area contributed by atoms with Crippen molar-refractivity contribution < 1.29 is 12.8 Å². The van der Waals surface area contributed by atoms with Crippen molar-refractivity contribution in [1.29, 1.82) is 0 Å². The van der Waals surface area contributed by atoms with Crippen molar-refractivity contribution in [3.63, 3.8) is 0 Å². The van der Waals surface area contributed by atoms with Gasteiger partial charge in [-0.25, -0.2) is 17.5 Å². The topological polar surface area (TPSA) is 46.2 Å². The Kier molecular flexibility index (Phi) is 4.81. The summed E-state index contributed by atoms with van der Waals surface area (Å²) >= 11 is 5.87. The lowest BCUT2D eigenvalue weighted by Gasteiger charge is -2.30. The molecule has 2 unspecified atom stereocenters. The van der Waals surface area contributed by atoms with Crippen molar-refractivity contribution >= 4 is 21.6 Å². The van der Waals surface area contributed by atoms with Crippen LogP contribution in [-0.4, -0.2) is 20.3 Å². The summed E-state index contributed by atoms with van der Waals surface area (Å²) in [5.74, 6) is -0.185.